The number of ether oxygens (including phenoxy) is 1. The summed E-state index contributed by atoms with van der Waals surface area (Å²) in [6, 6.07) is 10.1. The maximum Gasteiger partial charge on any atom is 0.344 e. The van der Waals surface area contributed by atoms with Gasteiger partial charge in [-0.15, -0.1) is 0 Å². The fourth-order valence-electron chi connectivity index (χ4n) is 3.66. The van der Waals surface area contributed by atoms with Crippen LogP contribution in [0.5, 0.6) is 5.75 Å². The number of rotatable bonds is 6. The second kappa shape index (κ2) is 8.39. The van der Waals surface area contributed by atoms with Crippen LogP contribution in [0.4, 0.5) is 15.9 Å². The number of carbonyl (C=O) groups is 1. The van der Waals surface area contributed by atoms with Gasteiger partial charge in [0.1, 0.15) is 17.9 Å². The fourth-order valence-corrected chi connectivity index (χ4v) is 3.66. The van der Waals surface area contributed by atoms with E-state index in [1.807, 2.05) is 12.3 Å². The number of pyridine rings is 1. The molecule has 0 aliphatic heterocycles. The van der Waals surface area contributed by atoms with Gasteiger partial charge >= 0.3 is 5.97 Å². The van der Waals surface area contributed by atoms with E-state index in [2.05, 4.69) is 25.4 Å². The quantitative estimate of drug-likeness (QED) is 0.387. The molecule has 0 aliphatic rings. The molecule has 0 radical (unpaired) electrons. The zero-order chi connectivity index (χ0) is 23.8. The van der Waals surface area contributed by atoms with Crippen LogP contribution >= 0.6 is 0 Å². The van der Waals surface area contributed by atoms with Crippen molar-refractivity contribution >= 4 is 39.3 Å². The smallest absolute Gasteiger partial charge is 0.344 e. The van der Waals surface area contributed by atoms with Gasteiger partial charge in [0.05, 0.1) is 28.3 Å². The first-order valence-electron chi connectivity index (χ1n) is 10.4. The van der Waals surface area contributed by atoms with Crippen LogP contribution in [0, 0.1) is 5.82 Å². The molecule has 0 saturated carbocycles. The summed E-state index contributed by atoms with van der Waals surface area (Å²) in [5, 5.41) is 17.4. The van der Waals surface area contributed by atoms with Gasteiger partial charge in [-0.1, -0.05) is 0 Å². The third-order valence-electron chi connectivity index (χ3n) is 5.36. The van der Waals surface area contributed by atoms with Gasteiger partial charge in [0.25, 0.3) is 0 Å². The van der Waals surface area contributed by atoms with Crippen LogP contribution in [0.1, 0.15) is 6.92 Å². The van der Waals surface area contributed by atoms with E-state index in [0.29, 0.717) is 21.8 Å². The number of halogens is 1. The number of carboxylic acid groups (broad SMARTS) is 1. The Bertz CT molecular complexity index is 1550. The highest BCUT2D eigenvalue weighted by atomic mass is 19.1. The number of nitrogens with one attached hydrogen (secondary N) is 1. The Hall–Kier alpha value is -4.60. The maximum atomic E-state index is 15.2. The van der Waals surface area contributed by atoms with Crippen molar-refractivity contribution < 1.29 is 19.0 Å². The molecule has 1 atom stereocenters. The van der Waals surface area contributed by atoms with Crippen LogP contribution in [0.15, 0.2) is 61.3 Å². The molecule has 3 heterocycles. The predicted molar refractivity (Wildman–Crippen MR) is 124 cm³/mol. The molecule has 5 aromatic rings. The molecule has 9 nitrogen and oxygen atoms in total. The third kappa shape index (κ3) is 3.85. The zero-order valence-corrected chi connectivity index (χ0v) is 18.2. The Morgan fingerprint density at radius 1 is 1.15 bits per heavy atom. The van der Waals surface area contributed by atoms with E-state index in [1.165, 1.54) is 13.3 Å². The second-order valence-corrected chi connectivity index (χ2v) is 7.71. The summed E-state index contributed by atoms with van der Waals surface area (Å²) in [7, 11) is 1.80. The van der Waals surface area contributed by atoms with E-state index >= 15 is 4.39 Å². The lowest BCUT2D eigenvalue weighted by Crippen LogP contribution is -2.23. The van der Waals surface area contributed by atoms with Gasteiger partial charge in [-0.05, 0) is 48.9 Å². The second-order valence-electron chi connectivity index (χ2n) is 7.71. The van der Waals surface area contributed by atoms with Crippen LogP contribution in [-0.2, 0) is 11.8 Å². The molecule has 170 valence electrons. The van der Waals surface area contributed by atoms with Crippen molar-refractivity contribution in [3.8, 4) is 16.9 Å². The first-order chi connectivity index (χ1) is 16.4. The monoisotopic (exact) mass is 458 g/mol. The van der Waals surface area contributed by atoms with Gasteiger partial charge in [-0.25, -0.2) is 19.2 Å². The number of aryl methyl sites for hydroxylation is 1. The Morgan fingerprint density at radius 3 is 2.76 bits per heavy atom. The van der Waals surface area contributed by atoms with Crippen molar-refractivity contribution in [2.75, 3.05) is 5.32 Å². The number of hydrogen-bond donors (Lipinski definition) is 2. The third-order valence-corrected chi connectivity index (χ3v) is 5.36. The van der Waals surface area contributed by atoms with E-state index in [1.54, 1.807) is 54.5 Å². The van der Waals surface area contributed by atoms with E-state index in [-0.39, 0.29) is 17.3 Å². The SMILES string of the molecule is CC(Oc1cc(-c2cnn(C)c2)cc2ncnc(Nc3ccc4ncccc4c3F)c12)C(=O)O. The highest BCUT2D eigenvalue weighted by Crippen LogP contribution is 2.37. The summed E-state index contributed by atoms with van der Waals surface area (Å²) < 4.78 is 22.6. The van der Waals surface area contributed by atoms with Gasteiger partial charge in [0.2, 0.25) is 0 Å². The van der Waals surface area contributed by atoms with Crippen molar-refractivity contribution in [1.29, 1.82) is 0 Å². The minimum atomic E-state index is -1.14. The molecule has 5 rings (SSSR count). The maximum absolute atomic E-state index is 15.2. The first-order valence-corrected chi connectivity index (χ1v) is 10.4. The number of anilines is 2. The van der Waals surface area contributed by atoms with E-state index in [4.69, 9.17) is 4.74 Å². The van der Waals surface area contributed by atoms with Gasteiger partial charge in [-0.2, -0.15) is 5.10 Å². The molecular weight excluding hydrogens is 439 g/mol. The molecule has 34 heavy (non-hydrogen) atoms. The number of fused-ring (bicyclic) bond motifs is 2. The van der Waals surface area contributed by atoms with Gasteiger partial charge < -0.3 is 15.2 Å². The lowest BCUT2D eigenvalue weighted by molar-refractivity contribution is -0.144. The average molecular weight is 458 g/mol. The van der Waals surface area contributed by atoms with Crippen LogP contribution in [-0.4, -0.2) is 41.9 Å². The lowest BCUT2D eigenvalue weighted by Gasteiger charge is -2.17. The summed E-state index contributed by atoms with van der Waals surface area (Å²) >= 11 is 0. The summed E-state index contributed by atoms with van der Waals surface area (Å²) in [5.74, 6) is -1.08. The number of nitrogens with zero attached hydrogens (tertiary/aromatic N) is 5. The Balaban J connectivity index is 1.66. The fraction of sp³-hybridized carbons (Fsp3) is 0.125. The van der Waals surface area contributed by atoms with Crippen molar-refractivity contribution in [3.63, 3.8) is 0 Å². The predicted octanol–water partition coefficient (Wildman–Crippen LogP) is 4.31. The standard InChI is InChI=1S/C24H19FN6O3/c1-13(24(32)33)34-20-9-14(15-10-29-31(2)11-15)8-19-21(20)23(28-12-27-19)30-18-6-5-17-16(22(18)25)4-3-7-26-17/h3-13H,1-2H3,(H,32,33)(H,27,28,30). The number of hydrogen-bond acceptors (Lipinski definition) is 7. The number of aliphatic carboxylic acids is 1. The van der Waals surface area contributed by atoms with Crippen molar-refractivity contribution in [3.05, 3.63) is 67.1 Å². The van der Waals surface area contributed by atoms with E-state index in [0.717, 1.165) is 11.1 Å². The summed E-state index contributed by atoms with van der Waals surface area (Å²) in [6.07, 6.45) is 5.32. The zero-order valence-electron chi connectivity index (χ0n) is 18.2. The molecule has 0 bridgehead atoms. The molecule has 10 heteroatoms. The highest BCUT2D eigenvalue weighted by molar-refractivity contribution is 5.99. The Kier molecular flexibility index (Phi) is 5.25. The molecule has 0 amide bonds. The number of aromatic nitrogens is 5. The van der Waals surface area contributed by atoms with Crippen molar-refractivity contribution in [2.24, 2.45) is 7.05 Å². The van der Waals surface area contributed by atoms with Gasteiger partial charge in [0.15, 0.2) is 11.9 Å². The highest BCUT2D eigenvalue weighted by Gasteiger charge is 2.20. The minimum absolute atomic E-state index is 0.189. The molecule has 3 aromatic heterocycles. The summed E-state index contributed by atoms with van der Waals surface area (Å²) in [6.45, 7) is 1.43. The molecule has 0 saturated heterocycles. The molecule has 0 aliphatic carbocycles. The first kappa shape index (κ1) is 21.3. The molecule has 0 fully saturated rings. The molecule has 2 aromatic carbocycles. The minimum Gasteiger partial charge on any atom is -0.479 e. The van der Waals surface area contributed by atoms with Gasteiger partial charge in [0, 0.05) is 30.4 Å². The summed E-state index contributed by atoms with van der Waals surface area (Å²) in [4.78, 5) is 24.3. The average Bonchev–Trinajstić information content (AvgIpc) is 3.27. The Morgan fingerprint density at radius 2 is 2.00 bits per heavy atom. The van der Waals surface area contributed by atoms with Crippen LogP contribution in [0.25, 0.3) is 32.9 Å². The van der Waals surface area contributed by atoms with Crippen molar-refractivity contribution in [2.45, 2.75) is 13.0 Å². The van der Waals surface area contributed by atoms with E-state index in [9.17, 15) is 9.90 Å². The van der Waals surface area contributed by atoms with Crippen LogP contribution in [0.2, 0.25) is 0 Å². The van der Waals surface area contributed by atoms with Crippen LogP contribution < -0.4 is 10.1 Å². The molecule has 2 N–H and O–H groups in total. The largest absolute Gasteiger partial charge is 0.479 e. The normalized spacial score (nSPS) is 12.1. The molecule has 0 spiro atoms. The molecule has 1 unspecified atom stereocenters. The van der Waals surface area contributed by atoms with Crippen LogP contribution in [0.3, 0.4) is 0 Å². The number of carboxylic acids is 1. The molecular formula is C24H19FN6O3. The Labute approximate surface area is 192 Å². The van der Waals surface area contributed by atoms with Crippen molar-refractivity contribution in [1.82, 2.24) is 24.7 Å². The summed E-state index contributed by atoms with van der Waals surface area (Å²) in [5.41, 5.74) is 2.75. The van der Waals surface area contributed by atoms with Gasteiger partial charge in [-0.3, -0.25) is 9.67 Å². The van der Waals surface area contributed by atoms with E-state index < -0.39 is 17.9 Å². The number of benzene rings is 2. The lowest BCUT2D eigenvalue weighted by atomic mass is 10.1. The topological polar surface area (TPSA) is 115 Å².